The molecule has 0 amide bonds. The van der Waals surface area contributed by atoms with Crippen LogP contribution < -0.4 is 15.2 Å². The molecule has 2 aliphatic rings. The summed E-state index contributed by atoms with van der Waals surface area (Å²) in [4.78, 5) is 21.5. The predicted octanol–water partition coefficient (Wildman–Crippen LogP) is 4.17. The van der Waals surface area contributed by atoms with Gasteiger partial charge in [-0.2, -0.15) is 0 Å². The van der Waals surface area contributed by atoms with E-state index in [2.05, 4.69) is 62.4 Å². The molecule has 9 nitrogen and oxygen atoms in total. The van der Waals surface area contributed by atoms with Gasteiger partial charge in [0.25, 0.3) is 5.56 Å². The third-order valence-electron chi connectivity index (χ3n) is 8.41. The Balaban J connectivity index is 1.38. The van der Waals surface area contributed by atoms with Crippen molar-refractivity contribution in [3.05, 3.63) is 75.3 Å². The molecule has 0 unspecified atom stereocenters. The normalized spacial score (nSPS) is 17.8. The van der Waals surface area contributed by atoms with Crippen LogP contribution in [0.3, 0.4) is 0 Å². The summed E-state index contributed by atoms with van der Waals surface area (Å²) in [5.74, 6) is 1.47. The van der Waals surface area contributed by atoms with Crippen LogP contribution in [0.5, 0.6) is 5.75 Å². The number of rotatable bonds is 6. The zero-order chi connectivity index (χ0) is 26.2. The number of benzene rings is 2. The van der Waals surface area contributed by atoms with Crippen LogP contribution in [0.1, 0.15) is 60.3 Å². The number of aryl methyl sites for hydroxylation is 1. The molecule has 4 aromatic rings. The molecule has 1 atom stereocenters. The Labute approximate surface area is 222 Å². The van der Waals surface area contributed by atoms with Gasteiger partial charge in [0.1, 0.15) is 11.8 Å². The fourth-order valence-electron chi connectivity index (χ4n) is 6.11. The largest absolute Gasteiger partial charge is 0.497 e. The molecule has 6 rings (SSSR count). The van der Waals surface area contributed by atoms with Gasteiger partial charge in [0, 0.05) is 43.5 Å². The Morgan fingerprint density at radius 3 is 2.58 bits per heavy atom. The molecular formula is C29H35N7O2. The molecule has 3 heterocycles. The highest BCUT2D eigenvalue weighted by Crippen LogP contribution is 2.35. The van der Waals surface area contributed by atoms with Crippen LogP contribution in [0, 0.1) is 13.8 Å². The fourth-order valence-corrected chi connectivity index (χ4v) is 6.11. The molecule has 38 heavy (non-hydrogen) atoms. The summed E-state index contributed by atoms with van der Waals surface area (Å²) in [6.07, 6.45) is 4.50. The molecule has 1 saturated heterocycles. The van der Waals surface area contributed by atoms with Gasteiger partial charge in [-0.25, -0.2) is 4.68 Å². The number of tetrazole rings is 1. The number of anilines is 1. The van der Waals surface area contributed by atoms with Crippen molar-refractivity contribution in [2.75, 3.05) is 38.2 Å². The van der Waals surface area contributed by atoms with Crippen molar-refractivity contribution in [3.63, 3.8) is 0 Å². The third kappa shape index (κ3) is 4.45. The van der Waals surface area contributed by atoms with Crippen molar-refractivity contribution in [2.24, 2.45) is 0 Å². The number of H-pyrrole nitrogens is 1. The number of piperazine rings is 1. The predicted molar refractivity (Wildman–Crippen MR) is 148 cm³/mol. The molecule has 1 aliphatic heterocycles. The molecule has 1 saturated carbocycles. The van der Waals surface area contributed by atoms with Gasteiger partial charge in [-0.15, -0.1) is 5.10 Å². The Morgan fingerprint density at radius 1 is 1.03 bits per heavy atom. The summed E-state index contributed by atoms with van der Waals surface area (Å²) in [5, 5.41) is 14.0. The van der Waals surface area contributed by atoms with E-state index in [0.717, 1.165) is 55.7 Å². The monoisotopic (exact) mass is 513 g/mol. The van der Waals surface area contributed by atoms with E-state index in [9.17, 15) is 4.79 Å². The van der Waals surface area contributed by atoms with Gasteiger partial charge in [0.2, 0.25) is 0 Å². The van der Waals surface area contributed by atoms with Crippen molar-refractivity contribution >= 4 is 16.6 Å². The van der Waals surface area contributed by atoms with Crippen LogP contribution in [0.15, 0.2) is 47.3 Å². The summed E-state index contributed by atoms with van der Waals surface area (Å²) >= 11 is 0. The number of hydrogen-bond donors (Lipinski definition) is 1. The molecule has 0 spiro atoms. The van der Waals surface area contributed by atoms with Crippen LogP contribution >= 0.6 is 0 Å². The van der Waals surface area contributed by atoms with Crippen molar-refractivity contribution in [2.45, 2.75) is 51.6 Å². The average molecular weight is 514 g/mol. The van der Waals surface area contributed by atoms with E-state index in [1.165, 1.54) is 29.7 Å². The second-order valence-electron chi connectivity index (χ2n) is 10.6. The number of nitrogens with one attached hydrogen (secondary N) is 1. The molecule has 2 aromatic carbocycles. The van der Waals surface area contributed by atoms with E-state index >= 15 is 0 Å². The second-order valence-corrected chi connectivity index (χ2v) is 10.6. The minimum atomic E-state index is -0.332. The first-order chi connectivity index (χ1) is 18.5. The summed E-state index contributed by atoms with van der Waals surface area (Å²) in [6.45, 7) is 7.70. The molecule has 198 valence electrons. The number of hydrogen-bond acceptors (Lipinski definition) is 7. The van der Waals surface area contributed by atoms with Crippen molar-refractivity contribution in [1.29, 1.82) is 0 Å². The van der Waals surface area contributed by atoms with Crippen LogP contribution in [0.4, 0.5) is 5.69 Å². The summed E-state index contributed by atoms with van der Waals surface area (Å²) in [6, 6.07) is 14.2. The molecule has 2 aromatic heterocycles. The van der Waals surface area contributed by atoms with E-state index in [1.54, 1.807) is 7.11 Å². The number of methoxy groups -OCH3 is 1. The Kier molecular flexibility index (Phi) is 6.61. The Morgan fingerprint density at radius 2 is 1.82 bits per heavy atom. The number of fused-ring (bicyclic) bond motifs is 1. The first-order valence-corrected chi connectivity index (χ1v) is 13.6. The van der Waals surface area contributed by atoms with Gasteiger partial charge >= 0.3 is 0 Å². The lowest BCUT2D eigenvalue weighted by atomic mass is 10.0. The lowest BCUT2D eigenvalue weighted by Gasteiger charge is -2.40. The number of aromatic amines is 1. The second kappa shape index (κ2) is 10.2. The average Bonchev–Trinajstić information content (AvgIpc) is 3.63. The van der Waals surface area contributed by atoms with Crippen molar-refractivity contribution in [3.8, 4) is 5.75 Å². The minimum absolute atomic E-state index is 0.117. The maximum absolute atomic E-state index is 13.6. The molecule has 9 heteroatoms. The third-order valence-corrected chi connectivity index (χ3v) is 8.41. The number of aromatic nitrogens is 5. The molecular weight excluding hydrogens is 478 g/mol. The van der Waals surface area contributed by atoms with Crippen molar-refractivity contribution < 1.29 is 4.74 Å². The number of ether oxygens (including phenoxy) is 1. The molecule has 1 N–H and O–H groups in total. The number of pyridine rings is 1. The van der Waals surface area contributed by atoms with Gasteiger partial charge in [-0.3, -0.25) is 9.69 Å². The standard InChI is InChI=1S/C29H35N7O2/c1-19-7-6-10-26(20(19)2)34-13-15-35(16-14-34)27(28-31-32-33-36(28)22-8-4-5-9-22)24-17-21-11-12-23(38-3)18-25(21)30-29(24)37/h6-7,10-12,17-18,22,27H,4-5,8-9,13-16H2,1-3H3,(H,30,37)/t27-/m0/s1. The van der Waals surface area contributed by atoms with E-state index in [1.807, 2.05) is 28.9 Å². The topological polar surface area (TPSA) is 92.2 Å². The van der Waals surface area contributed by atoms with E-state index in [-0.39, 0.29) is 17.6 Å². The molecule has 1 aliphatic carbocycles. The van der Waals surface area contributed by atoms with E-state index in [0.29, 0.717) is 11.3 Å². The van der Waals surface area contributed by atoms with E-state index in [4.69, 9.17) is 4.74 Å². The summed E-state index contributed by atoms with van der Waals surface area (Å²) in [5.41, 5.74) is 5.23. The highest BCUT2D eigenvalue weighted by Gasteiger charge is 2.35. The van der Waals surface area contributed by atoms with Gasteiger partial charge < -0.3 is 14.6 Å². The maximum Gasteiger partial charge on any atom is 0.253 e. The maximum atomic E-state index is 13.6. The summed E-state index contributed by atoms with van der Waals surface area (Å²) < 4.78 is 7.36. The highest BCUT2D eigenvalue weighted by molar-refractivity contribution is 5.80. The number of nitrogens with zero attached hydrogens (tertiary/aromatic N) is 6. The lowest BCUT2D eigenvalue weighted by molar-refractivity contribution is 0.196. The Bertz CT molecular complexity index is 1500. The molecule has 0 bridgehead atoms. The quantitative estimate of drug-likeness (QED) is 0.414. The van der Waals surface area contributed by atoms with Gasteiger partial charge in [0.15, 0.2) is 5.82 Å². The lowest BCUT2D eigenvalue weighted by Crippen LogP contribution is -2.49. The van der Waals surface area contributed by atoms with Crippen LogP contribution in [-0.4, -0.2) is 63.4 Å². The van der Waals surface area contributed by atoms with Gasteiger partial charge in [-0.1, -0.05) is 25.0 Å². The molecule has 2 fully saturated rings. The summed E-state index contributed by atoms with van der Waals surface area (Å²) in [7, 11) is 1.63. The van der Waals surface area contributed by atoms with Crippen LogP contribution in [0.2, 0.25) is 0 Å². The van der Waals surface area contributed by atoms with Gasteiger partial charge in [-0.05, 0) is 77.9 Å². The van der Waals surface area contributed by atoms with Crippen molar-refractivity contribution in [1.82, 2.24) is 30.1 Å². The van der Waals surface area contributed by atoms with E-state index < -0.39 is 0 Å². The van der Waals surface area contributed by atoms with Crippen LogP contribution in [0.25, 0.3) is 10.9 Å². The SMILES string of the molecule is COc1ccc2cc([C@@H](c3nnnn3C3CCCC3)N3CCN(c4cccc(C)c4C)CC3)c(=O)[nH]c2c1. The first kappa shape index (κ1) is 24.6. The van der Waals surface area contributed by atoms with Gasteiger partial charge in [0.05, 0.1) is 18.7 Å². The smallest absolute Gasteiger partial charge is 0.253 e. The minimum Gasteiger partial charge on any atom is -0.497 e. The fraction of sp³-hybridized carbons (Fsp3) is 0.448. The zero-order valence-corrected chi connectivity index (χ0v) is 22.4. The highest BCUT2D eigenvalue weighted by atomic mass is 16.5. The molecule has 0 radical (unpaired) electrons. The van der Waals surface area contributed by atoms with Crippen LogP contribution in [-0.2, 0) is 0 Å². The first-order valence-electron chi connectivity index (χ1n) is 13.6. The zero-order valence-electron chi connectivity index (χ0n) is 22.4. The Hall–Kier alpha value is -3.72.